The van der Waals surface area contributed by atoms with E-state index in [2.05, 4.69) is 18.3 Å². The summed E-state index contributed by atoms with van der Waals surface area (Å²) in [5.74, 6) is 1.17. The molecule has 2 fully saturated rings. The Morgan fingerprint density at radius 1 is 1.35 bits per heavy atom. The van der Waals surface area contributed by atoms with Crippen LogP contribution in [0.5, 0.6) is 0 Å². The van der Waals surface area contributed by atoms with Crippen molar-refractivity contribution >= 4 is 6.09 Å². The molecule has 4 unspecified atom stereocenters. The number of carbonyl (C=O) groups excluding carboxylic acids is 1. The van der Waals surface area contributed by atoms with Gasteiger partial charge in [0.05, 0.1) is 12.5 Å². The largest absolute Gasteiger partial charge is 0.444 e. The fraction of sp³-hybridized carbons (Fsp3) is 0.889. The second-order valence-corrected chi connectivity index (χ2v) is 8.05. The van der Waals surface area contributed by atoms with Gasteiger partial charge in [0.2, 0.25) is 0 Å². The van der Waals surface area contributed by atoms with Gasteiger partial charge >= 0.3 is 6.09 Å². The number of rotatable bonds is 4. The number of amides is 1. The average Bonchev–Trinajstić information content (AvgIpc) is 2.88. The number of hydrogen-bond donors (Lipinski definition) is 1. The van der Waals surface area contributed by atoms with Crippen LogP contribution in [0.4, 0.5) is 4.79 Å². The van der Waals surface area contributed by atoms with Crippen LogP contribution in [0.15, 0.2) is 0 Å². The van der Waals surface area contributed by atoms with Crippen LogP contribution in [0.25, 0.3) is 0 Å². The molecule has 0 aromatic rings. The van der Waals surface area contributed by atoms with E-state index in [1.807, 2.05) is 25.7 Å². The van der Waals surface area contributed by atoms with Crippen LogP contribution >= 0.6 is 0 Å². The fourth-order valence-corrected chi connectivity index (χ4v) is 3.82. The van der Waals surface area contributed by atoms with E-state index in [-0.39, 0.29) is 6.09 Å². The number of fused-ring (bicyclic) bond motifs is 1. The average molecular weight is 321 g/mol. The van der Waals surface area contributed by atoms with Crippen molar-refractivity contribution in [2.75, 3.05) is 13.1 Å². The van der Waals surface area contributed by atoms with Gasteiger partial charge in [0.25, 0.3) is 0 Å². The predicted molar refractivity (Wildman–Crippen MR) is 89.9 cm³/mol. The molecule has 1 N–H and O–H groups in total. The third kappa shape index (κ3) is 5.10. The zero-order valence-electron chi connectivity index (χ0n) is 15.0. The molecule has 130 valence electrons. The zero-order valence-corrected chi connectivity index (χ0v) is 15.0. The smallest absolute Gasteiger partial charge is 0.410 e. The first-order valence-corrected chi connectivity index (χ1v) is 8.93. The molecule has 1 amide bonds. The predicted octanol–water partition coefficient (Wildman–Crippen LogP) is 3.30. The highest BCUT2D eigenvalue weighted by atomic mass is 16.6. The monoisotopic (exact) mass is 321 g/mol. The van der Waals surface area contributed by atoms with Crippen molar-refractivity contribution in [3.05, 3.63) is 0 Å². The number of nitrogens with zero attached hydrogens (tertiary/aromatic N) is 2. The van der Waals surface area contributed by atoms with Gasteiger partial charge in [-0.1, -0.05) is 6.92 Å². The van der Waals surface area contributed by atoms with Crippen molar-refractivity contribution in [3.8, 4) is 6.07 Å². The molecular formula is C18H31N3O2. The van der Waals surface area contributed by atoms with Gasteiger partial charge in [-0.2, -0.15) is 5.26 Å². The summed E-state index contributed by atoms with van der Waals surface area (Å²) in [4.78, 5) is 14.1. The van der Waals surface area contributed by atoms with Gasteiger partial charge in [-0.25, -0.2) is 4.79 Å². The van der Waals surface area contributed by atoms with E-state index < -0.39 is 5.60 Å². The van der Waals surface area contributed by atoms with Crippen LogP contribution in [0, 0.1) is 23.2 Å². The molecule has 2 rings (SSSR count). The van der Waals surface area contributed by atoms with E-state index in [0.717, 1.165) is 38.8 Å². The number of hydrogen-bond acceptors (Lipinski definition) is 4. The van der Waals surface area contributed by atoms with Crippen LogP contribution in [-0.2, 0) is 4.74 Å². The van der Waals surface area contributed by atoms with Crippen molar-refractivity contribution in [3.63, 3.8) is 0 Å². The van der Waals surface area contributed by atoms with Crippen LogP contribution in [-0.4, -0.2) is 41.8 Å². The van der Waals surface area contributed by atoms with E-state index in [1.165, 1.54) is 0 Å². The summed E-state index contributed by atoms with van der Waals surface area (Å²) in [5.41, 5.74) is -0.430. The normalized spacial score (nSPS) is 28.8. The Balaban J connectivity index is 1.85. The van der Waals surface area contributed by atoms with Gasteiger partial charge in [0.15, 0.2) is 0 Å². The first-order valence-electron chi connectivity index (χ1n) is 8.93. The fourth-order valence-electron chi connectivity index (χ4n) is 3.82. The Kier molecular flexibility index (Phi) is 5.91. The van der Waals surface area contributed by atoms with Gasteiger partial charge < -0.3 is 15.0 Å². The lowest BCUT2D eigenvalue weighted by atomic mass is 9.79. The maximum atomic E-state index is 12.2. The van der Waals surface area contributed by atoms with Crippen molar-refractivity contribution in [2.24, 2.45) is 11.8 Å². The van der Waals surface area contributed by atoms with Crippen molar-refractivity contribution < 1.29 is 9.53 Å². The highest BCUT2D eigenvalue weighted by Gasteiger charge is 2.40. The van der Waals surface area contributed by atoms with Gasteiger partial charge in [-0.3, -0.25) is 0 Å². The second-order valence-electron chi connectivity index (χ2n) is 8.05. The number of carbonyl (C=O) groups is 1. The van der Waals surface area contributed by atoms with Crippen LogP contribution in [0.1, 0.15) is 59.8 Å². The Hall–Kier alpha value is -1.28. The summed E-state index contributed by atoms with van der Waals surface area (Å²) >= 11 is 0. The molecule has 4 atom stereocenters. The SMILES string of the molecule is CCC(CC#N)NC1CCC2CN(C(=O)OC(C)(C)C)CC2C1. The van der Waals surface area contributed by atoms with Crippen LogP contribution < -0.4 is 5.32 Å². The lowest BCUT2D eigenvalue weighted by molar-refractivity contribution is 0.0284. The minimum Gasteiger partial charge on any atom is -0.444 e. The highest BCUT2D eigenvalue weighted by molar-refractivity contribution is 5.68. The molecule has 1 saturated carbocycles. The van der Waals surface area contributed by atoms with Gasteiger partial charge in [-0.05, 0) is 58.3 Å². The van der Waals surface area contributed by atoms with Gasteiger partial charge in [0, 0.05) is 25.2 Å². The molecule has 1 aliphatic heterocycles. The Morgan fingerprint density at radius 3 is 2.65 bits per heavy atom. The molecular weight excluding hydrogens is 290 g/mol. The van der Waals surface area contributed by atoms with E-state index in [9.17, 15) is 4.79 Å². The summed E-state index contributed by atoms with van der Waals surface area (Å²) in [6.45, 7) is 9.51. The number of likely N-dealkylation sites (tertiary alicyclic amines) is 1. The number of nitriles is 1. The van der Waals surface area contributed by atoms with Crippen molar-refractivity contribution in [1.82, 2.24) is 10.2 Å². The lowest BCUT2D eigenvalue weighted by Crippen LogP contribution is -2.42. The molecule has 0 radical (unpaired) electrons. The molecule has 23 heavy (non-hydrogen) atoms. The van der Waals surface area contributed by atoms with Crippen LogP contribution in [0.3, 0.4) is 0 Å². The van der Waals surface area contributed by atoms with Gasteiger partial charge in [0.1, 0.15) is 5.60 Å². The zero-order chi connectivity index (χ0) is 17.0. The van der Waals surface area contributed by atoms with Crippen molar-refractivity contribution in [2.45, 2.75) is 77.5 Å². The van der Waals surface area contributed by atoms with E-state index in [4.69, 9.17) is 10.00 Å². The van der Waals surface area contributed by atoms with Crippen molar-refractivity contribution in [1.29, 1.82) is 5.26 Å². The third-order valence-corrected chi connectivity index (χ3v) is 5.00. The Labute approximate surface area is 140 Å². The summed E-state index contributed by atoms with van der Waals surface area (Å²) < 4.78 is 5.50. The molecule has 1 aliphatic carbocycles. The van der Waals surface area contributed by atoms with E-state index >= 15 is 0 Å². The molecule has 2 aliphatic rings. The number of nitrogens with one attached hydrogen (secondary N) is 1. The quantitative estimate of drug-likeness (QED) is 0.863. The molecule has 0 bridgehead atoms. The maximum Gasteiger partial charge on any atom is 0.410 e. The highest BCUT2D eigenvalue weighted by Crippen LogP contribution is 2.37. The topological polar surface area (TPSA) is 65.4 Å². The standard InChI is InChI=1S/C18H31N3O2/c1-5-15(8-9-19)20-16-7-6-13-11-21(12-14(13)10-16)17(22)23-18(2,3)4/h13-16,20H,5-8,10-12H2,1-4H3. The lowest BCUT2D eigenvalue weighted by Gasteiger charge is -2.33. The van der Waals surface area contributed by atoms with E-state index in [1.54, 1.807) is 0 Å². The van der Waals surface area contributed by atoms with Crippen LogP contribution in [0.2, 0.25) is 0 Å². The van der Waals surface area contributed by atoms with E-state index in [0.29, 0.717) is 30.3 Å². The molecule has 0 aromatic carbocycles. The first kappa shape index (κ1) is 18.1. The second kappa shape index (κ2) is 7.53. The molecule has 1 heterocycles. The molecule has 0 aromatic heterocycles. The maximum absolute atomic E-state index is 12.2. The molecule has 5 heteroatoms. The molecule has 5 nitrogen and oxygen atoms in total. The molecule has 1 saturated heterocycles. The summed E-state index contributed by atoms with van der Waals surface area (Å²) in [6.07, 6.45) is 4.79. The Morgan fingerprint density at radius 2 is 2.04 bits per heavy atom. The summed E-state index contributed by atoms with van der Waals surface area (Å²) in [5, 5.41) is 12.5. The minimum atomic E-state index is -0.430. The summed E-state index contributed by atoms with van der Waals surface area (Å²) in [7, 11) is 0. The minimum absolute atomic E-state index is 0.174. The third-order valence-electron chi connectivity index (χ3n) is 5.00. The number of ether oxygens (including phenoxy) is 1. The first-order chi connectivity index (χ1) is 10.8. The molecule has 0 spiro atoms. The van der Waals surface area contributed by atoms with Gasteiger partial charge in [-0.15, -0.1) is 0 Å². The summed E-state index contributed by atoms with van der Waals surface area (Å²) in [6, 6.07) is 3.04. The Bertz CT molecular complexity index is 452.